The van der Waals surface area contributed by atoms with Crippen LogP contribution in [0.5, 0.6) is 0 Å². The second kappa shape index (κ2) is 14.3. The molecule has 0 spiro atoms. The molecule has 0 bridgehead atoms. The molecule has 0 radical (unpaired) electrons. The number of halogens is 1. The molecule has 3 rings (SSSR count). The van der Waals surface area contributed by atoms with E-state index in [-0.39, 0.29) is 18.4 Å². The molecule has 2 N–H and O–H groups in total. The zero-order valence-electron chi connectivity index (χ0n) is 21.1. The third-order valence-electron chi connectivity index (χ3n) is 6.25. The molecule has 1 aliphatic heterocycles. The number of carbonyl (C=O) groups is 3. The minimum Gasteiger partial charge on any atom is -0.445 e. The number of para-hydroxylation sites is 1. The molecular formula is C28H35ClN4O4. The van der Waals surface area contributed by atoms with Crippen LogP contribution in [0.2, 0.25) is 5.02 Å². The van der Waals surface area contributed by atoms with E-state index in [1.54, 1.807) is 4.90 Å². The molecule has 1 saturated heterocycles. The molecule has 1 heterocycles. The summed E-state index contributed by atoms with van der Waals surface area (Å²) in [5.41, 5.74) is 2.75. The minimum absolute atomic E-state index is 0.104. The maximum absolute atomic E-state index is 13.4. The Morgan fingerprint density at radius 1 is 1.14 bits per heavy atom. The summed E-state index contributed by atoms with van der Waals surface area (Å²) in [6.07, 6.45) is 8.87. The molecule has 198 valence electrons. The largest absolute Gasteiger partial charge is 0.445 e. The van der Waals surface area contributed by atoms with Gasteiger partial charge in [0, 0.05) is 32.7 Å². The first-order valence-corrected chi connectivity index (χ1v) is 12.9. The zero-order valence-corrected chi connectivity index (χ0v) is 21.8. The molecule has 1 atom stereocenters. The number of ether oxygens (including phenoxy) is 1. The van der Waals surface area contributed by atoms with E-state index in [9.17, 15) is 14.4 Å². The third-order valence-corrected chi connectivity index (χ3v) is 6.57. The Morgan fingerprint density at radius 2 is 1.89 bits per heavy atom. The predicted octanol–water partition coefficient (Wildman–Crippen LogP) is 4.00. The Labute approximate surface area is 223 Å². The van der Waals surface area contributed by atoms with Crippen molar-refractivity contribution in [2.75, 3.05) is 44.2 Å². The van der Waals surface area contributed by atoms with Crippen molar-refractivity contribution in [2.45, 2.75) is 31.7 Å². The molecule has 1 unspecified atom stereocenters. The summed E-state index contributed by atoms with van der Waals surface area (Å²) in [7, 11) is 0. The van der Waals surface area contributed by atoms with E-state index in [0.717, 1.165) is 23.3 Å². The van der Waals surface area contributed by atoms with Crippen molar-refractivity contribution in [3.05, 3.63) is 77.9 Å². The van der Waals surface area contributed by atoms with Crippen LogP contribution in [0.3, 0.4) is 0 Å². The lowest BCUT2D eigenvalue weighted by Crippen LogP contribution is -2.55. The van der Waals surface area contributed by atoms with Crippen molar-refractivity contribution in [1.82, 2.24) is 15.5 Å². The van der Waals surface area contributed by atoms with E-state index in [0.29, 0.717) is 57.0 Å². The molecule has 8 nitrogen and oxygen atoms in total. The normalized spacial score (nSPS) is 16.0. The number of allylic oxidation sites excluding steroid dienone is 3. The van der Waals surface area contributed by atoms with Crippen molar-refractivity contribution in [3.8, 4) is 0 Å². The Kier molecular flexibility index (Phi) is 10.8. The third kappa shape index (κ3) is 8.82. The number of unbranched alkanes of at least 4 members (excludes halogenated alkanes) is 1. The van der Waals surface area contributed by atoms with Gasteiger partial charge in [-0.15, -0.1) is 0 Å². The number of carbonyl (C=O) groups excluding carboxylic acids is 3. The van der Waals surface area contributed by atoms with Crippen molar-refractivity contribution in [3.63, 3.8) is 0 Å². The first-order valence-electron chi connectivity index (χ1n) is 12.5. The number of hydrogen-bond acceptors (Lipinski definition) is 5. The summed E-state index contributed by atoms with van der Waals surface area (Å²) in [6, 6.07) is 6.93. The zero-order chi connectivity index (χ0) is 26.6. The Balaban J connectivity index is 1.55. The summed E-state index contributed by atoms with van der Waals surface area (Å²) >= 11 is 6.34. The molecular weight excluding hydrogens is 492 g/mol. The van der Waals surface area contributed by atoms with Crippen LogP contribution in [0.25, 0.3) is 0 Å². The van der Waals surface area contributed by atoms with Crippen LogP contribution in [0.1, 0.15) is 25.7 Å². The van der Waals surface area contributed by atoms with Gasteiger partial charge in [-0.3, -0.25) is 9.59 Å². The first-order chi connectivity index (χ1) is 17.9. The monoisotopic (exact) mass is 526 g/mol. The number of hydrogen-bond donors (Lipinski definition) is 2. The van der Waals surface area contributed by atoms with Gasteiger partial charge in [0.1, 0.15) is 12.6 Å². The van der Waals surface area contributed by atoms with Gasteiger partial charge in [-0.05, 0) is 49.5 Å². The average molecular weight is 527 g/mol. The number of nitrogens with zero attached hydrogens (tertiary/aromatic N) is 2. The molecule has 37 heavy (non-hydrogen) atoms. The van der Waals surface area contributed by atoms with E-state index in [1.807, 2.05) is 42.5 Å². The second-order valence-electron chi connectivity index (χ2n) is 9.01. The molecule has 9 heteroatoms. The fourth-order valence-corrected chi connectivity index (χ4v) is 4.52. The summed E-state index contributed by atoms with van der Waals surface area (Å²) in [5, 5.41) is 6.17. The predicted molar refractivity (Wildman–Crippen MR) is 147 cm³/mol. The lowest BCUT2D eigenvalue weighted by molar-refractivity contribution is -0.133. The number of nitrogens with one attached hydrogen (secondary N) is 2. The number of benzene rings is 1. The van der Waals surface area contributed by atoms with Gasteiger partial charge in [0.15, 0.2) is 0 Å². The van der Waals surface area contributed by atoms with Crippen LogP contribution >= 0.6 is 11.6 Å². The highest BCUT2D eigenvalue weighted by Gasteiger charge is 2.29. The Hall–Kier alpha value is -3.52. The van der Waals surface area contributed by atoms with E-state index in [1.165, 1.54) is 6.08 Å². The lowest BCUT2D eigenvalue weighted by Gasteiger charge is -2.38. The minimum atomic E-state index is -0.722. The van der Waals surface area contributed by atoms with Gasteiger partial charge in [-0.25, -0.2) is 4.79 Å². The summed E-state index contributed by atoms with van der Waals surface area (Å²) in [4.78, 5) is 41.3. The van der Waals surface area contributed by atoms with E-state index < -0.39 is 12.1 Å². The summed E-state index contributed by atoms with van der Waals surface area (Å²) < 4.78 is 5.39. The van der Waals surface area contributed by atoms with Gasteiger partial charge in [0.2, 0.25) is 11.8 Å². The lowest BCUT2D eigenvalue weighted by atomic mass is 10.0. The average Bonchev–Trinajstić information content (AvgIpc) is 2.91. The van der Waals surface area contributed by atoms with E-state index in [2.05, 4.69) is 28.7 Å². The highest BCUT2D eigenvalue weighted by Crippen LogP contribution is 2.26. The molecule has 1 aromatic carbocycles. The van der Waals surface area contributed by atoms with Crippen molar-refractivity contribution in [1.29, 1.82) is 0 Å². The standard InChI is InChI=1S/C28H35ClN4O4/c1-3-26(34)30-14-7-6-12-24(31-28(36)37-20-22-10-8-9-21(2)19-22)27(35)33-17-15-32(16-18-33)25-13-5-4-11-23(25)29/h3-5,8,10-11,13,19,24H,1-2,6-7,9,12,14-18,20H2,(H,30,34)(H,31,36). The Morgan fingerprint density at radius 3 is 2.59 bits per heavy atom. The van der Waals surface area contributed by atoms with Crippen LogP contribution in [-0.2, 0) is 14.3 Å². The van der Waals surface area contributed by atoms with Gasteiger partial charge in [-0.2, -0.15) is 0 Å². The van der Waals surface area contributed by atoms with E-state index in [4.69, 9.17) is 16.3 Å². The molecule has 3 amide bonds. The highest BCUT2D eigenvalue weighted by molar-refractivity contribution is 6.33. The van der Waals surface area contributed by atoms with Gasteiger partial charge in [0.05, 0.1) is 10.7 Å². The molecule has 0 saturated carbocycles. The molecule has 0 aromatic heterocycles. The fourth-order valence-electron chi connectivity index (χ4n) is 4.26. The molecule has 1 aromatic rings. The van der Waals surface area contributed by atoms with Crippen molar-refractivity contribution in [2.24, 2.45) is 0 Å². The van der Waals surface area contributed by atoms with Crippen LogP contribution in [0, 0.1) is 0 Å². The Bertz CT molecular complexity index is 1060. The number of anilines is 1. The molecule has 2 aliphatic rings. The maximum atomic E-state index is 13.4. The van der Waals surface area contributed by atoms with Crippen molar-refractivity contribution >= 4 is 35.2 Å². The van der Waals surface area contributed by atoms with Gasteiger partial charge >= 0.3 is 6.09 Å². The first kappa shape index (κ1) is 28.1. The fraction of sp³-hybridized carbons (Fsp3) is 0.393. The SMILES string of the molecule is C=CC(=O)NCCCCC(NC(=O)OCC1=CC(=C)CC=C1)C(=O)N1CCN(c2ccccc2Cl)CC1. The number of rotatable bonds is 11. The van der Waals surface area contributed by atoms with Crippen molar-refractivity contribution < 1.29 is 19.1 Å². The van der Waals surface area contributed by atoms with Gasteiger partial charge < -0.3 is 25.2 Å². The van der Waals surface area contributed by atoms with Crippen LogP contribution < -0.4 is 15.5 Å². The van der Waals surface area contributed by atoms with Crippen LogP contribution in [-0.4, -0.2) is 68.2 Å². The maximum Gasteiger partial charge on any atom is 0.408 e. The van der Waals surface area contributed by atoms with Crippen LogP contribution in [0.4, 0.5) is 10.5 Å². The summed E-state index contributed by atoms with van der Waals surface area (Å²) in [5.74, 6) is -0.379. The van der Waals surface area contributed by atoms with Crippen LogP contribution in [0.15, 0.2) is 72.9 Å². The quantitative estimate of drug-likeness (QED) is 0.336. The van der Waals surface area contributed by atoms with Gasteiger partial charge in [-0.1, -0.05) is 60.7 Å². The number of alkyl carbamates (subject to hydrolysis) is 1. The smallest absolute Gasteiger partial charge is 0.408 e. The summed E-state index contributed by atoms with van der Waals surface area (Å²) in [6.45, 7) is 10.3. The topological polar surface area (TPSA) is 91.0 Å². The molecule has 1 fully saturated rings. The van der Waals surface area contributed by atoms with Gasteiger partial charge in [0.25, 0.3) is 0 Å². The number of piperazine rings is 1. The second-order valence-corrected chi connectivity index (χ2v) is 9.42. The van der Waals surface area contributed by atoms with E-state index >= 15 is 0 Å². The molecule has 1 aliphatic carbocycles. The highest BCUT2D eigenvalue weighted by atomic mass is 35.5. The number of amides is 3.